The van der Waals surface area contributed by atoms with Gasteiger partial charge in [-0.1, -0.05) is 18.2 Å². The summed E-state index contributed by atoms with van der Waals surface area (Å²) in [6, 6.07) is 12.3. The molecule has 3 rings (SSSR count). The number of furan rings is 1. The van der Waals surface area contributed by atoms with Crippen molar-refractivity contribution in [1.29, 1.82) is 0 Å². The molecule has 0 aliphatic rings. The number of hydrogen-bond donors (Lipinski definition) is 0. The van der Waals surface area contributed by atoms with Gasteiger partial charge in [-0.25, -0.2) is 0 Å². The van der Waals surface area contributed by atoms with E-state index in [1.54, 1.807) is 0 Å². The molecule has 0 bridgehead atoms. The lowest BCUT2D eigenvalue weighted by Crippen LogP contribution is -2.05. The van der Waals surface area contributed by atoms with Crippen molar-refractivity contribution >= 4 is 11.0 Å². The molecule has 1 heterocycles. The molecule has 1 aromatic heterocycles. The third-order valence-electron chi connectivity index (χ3n) is 3.37. The average Bonchev–Trinajstić information content (AvgIpc) is 2.89. The number of ether oxygens (including phenoxy) is 1. The molecule has 0 unspecified atom stereocenters. The molecule has 0 fully saturated rings. The van der Waals surface area contributed by atoms with Gasteiger partial charge in [-0.05, 0) is 42.8 Å². The van der Waals surface area contributed by atoms with Gasteiger partial charge in [0.1, 0.15) is 23.7 Å². The molecule has 0 radical (unpaired) electrons. The first-order chi connectivity index (χ1) is 10.4. The Hall–Kier alpha value is -2.43. The number of fused-ring (bicyclic) bond motifs is 1. The number of benzene rings is 2. The second-order valence-electron chi connectivity index (χ2n) is 5.01. The number of hydrogen-bond acceptors (Lipinski definition) is 2. The zero-order valence-corrected chi connectivity index (χ0v) is 11.8. The Kier molecular flexibility index (Phi) is 3.56. The van der Waals surface area contributed by atoms with Gasteiger partial charge in [-0.3, -0.25) is 0 Å². The highest BCUT2D eigenvalue weighted by Gasteiger charge is 2.30. The van der Waals surface area contributed by atoms with Crippen LogP contribution in [0.25, 0.3) is 11.0 Å². The molecule has 0 spiro atoms. The van der Waals surface area contributed by atoms with Crippen molar-refractivity contribution in [1.82, 2.24) is 0 Å². The predicted molar refractivity (Wildman–Crippen MR) is 76.7 cm³/mol. The van der Waals surface area contributed by atoms with Crippen LogP contribution in [0, 0.1) is 6.92 Å². The minimum atomic E-state index is -4.38. The zero-order chi connectivity index (χ0) is 15.7. The van der Waals surface area contributed by atoms with Crippen LogP contribution >= 0.6 is 0 Å². The SMILES string of the molecule is Cc1cccc2oc(COc3cccc(C(F)(F)F)c3)cc12. The molecular weight excluding hydrogens is 293 g/mol. The second-order valence-corrected chi connectivity index (χ2v) is 5.01. The van der Waals surface area contributed by atoms with E-state index in [1.807, 2.05) is 31.2 Å². The highest BCUT2D eigenvalue weighted by molar-refractivity contribution is 5.81. The lowest BCUT2D eigenvalue weighted by Gasteiger charge is -2.09. The van der Waals surface area contributed by atoms with Gasteiger partial charge in [0.15, 0.2) is 0 Å². The molecule has 2 aromatic carbocycles. The summed E-state index contributed by atoms with van der Waals surface area (Å²) in [6.45, 7) is 2.05. The van der Waals surface area contributed by atoms with Crippen LogP contribution in [0.4, 0.5) is 13.2 Å². The number of alkyl halides is 3. The molecule has 0 atom stereocenters. The van der Waals surface area contributed by atoms with E-state index in [4.69, 9.17) is 9.15 Å². The fourth-order valence-electron chi connectivity index (χ4n) is 2.25. The Morgan fingerprint density at radius 2 is 1.82 bits per heavy atom. The van der Waals surface area contributed by atoms with Crippen LogP contribution in [0.2, 0.25) is 0 Å². The largest absolute Gasteiger partial charge is 0.486 e. The lowest BCUT2D eigenvalue weighted by atomic mass is 10.1. The summed E-state index contributed by atoms with van der Waals surface area (Å²) in [4.78, 5) is 0. The summed E-state index contributed by atoms with van der Waals surface area (Å²) in [5.41, 5.74) is 1.08. The first kappa shape index (κ1) is 14.5. The standard InChI is InChI=1S/C17H13F3O2/c1-11-4-2-7-16-15(11)9-14(22-16)10-21-13-6-3-5-12(8-13)17(18,19)20/h2-9H,10H2,1H3. The highest BCUT2D eigenvalue weighted by atomic mass is 19.4. The van der Waals surface area contributed by atoms with Crippen LogP contribution in [0.3, 0.4) is 0 Å². The van der Waals surface area contributed by atoms with Crippen molar-refractivity contribution in [2.45, 2.75) is 19.7 Å². The fraction of sp³-hybridized carbons (Fsp3) is 0.176. The Morgan fingerprint density at radius 3 is 2.55 bits per heavy atom. The quantitative estimate of drug-likeness (QED) is 0.652. The smallest absolute Gasteiger partial charge is 0.416 e. The molecule has 0 saturated heterocycles. The Labute approximate surface area is 125 Å². The van der Waals surface area contributed by atoms with E-state index in [0.29, 0.717) is 5.76 Å². The van der Waals surface area contributed by atoms with Gasteiger partial charge in [-0.2, -0.15) is 13.2 Å². The molecule has 2 nitrogen and oxygen atoms in total. The molecule has 114 valence electrons. The molecule has 0 aliphatic heterocycles. The maximum atomic E-state index is 12.6. The first-order valence-electron chi connectivity index (χ1n) is 6.71. The van der Waals surface area contributed by atoms with Crippen molar-refractivity contribution in [3.05, 3.63) is 65.4 Å². The van der Waals surface area contributed by atoms with Gasteiger partial charge in [0.25, 0.3) is 0 Å². The van der Waals surface area contributed by atoms with Gasteiger partial charge in [-0.15, -0.1) is 0 Å². The molecular formula is C17H13F3O2. The van der Waals surface area contributed by atoms with E-state index < -0.39 is 11.7 Å². The van der Waals surface area contributed by atoms with E-state index in [0.717, 1.165) is 28.7 Å². The molecule has 0 saturated carbocycles. The minimum absolute atomic E-state index is 0.0788. The maximum absolute atomic E-state index is 12.6. The van der Waals surface area contributed by atoms with Crippen molar-refractivity contribution in [3.63, 3.8) is 0 Å². The zero-order valence-electron chi connectivity index (χ0n) is 11.8. The van der Waals surface area contributed by atoms with E-state index in [9.17, 15) is 13.2 Å². The summed E-state index contributed by atoms with van der Waals surface area (Å²) in [7, 11) is 0. The molecule has 22 heavy (non-hydrogen) atoms. The predicted octanol–water partition coefficient (Wildman–Crippen LogP) is 5.34. The summed E-state index contributed by atoms with van der Waals surface area (Å²) < 4.78 is 48.9. The minimum Gasteiger partial charge on any atom is -0.486 e. The summed E-state index contributed by atoms with van der Waals surface area (Å²) >= 11 is 0. The van der Waals surface area contributed by atoms with E-state index in [-0.39, 0.29) is 12.4 Å². The Morgan fingerprint density at radius 1 is 1.05 bits per heavy atom. The van der Waals surface area contributed by atoms with Crippen LogP contribution in [0.1, 0.15) is 16.9 Å². The van der Waals surface area contributed by atoms with Crippen molar-refractivity contribution in [2.75, 3.05) is 0 Å². The third-order valence-corrected chi connectivity index (χ3v) is 3.37. The highest BCUT2D eigenvalue weighted by Crippen LogP contribution is 2.31. The molecule has 3 aromatic rings. The van der Waals surface area contributed by atoms with Gasteiger partial charge in [0.2, 0.25) is 0 Å². The van der Waals surface area contributed by atoms with Crippen LogP contribution in [0.5, 0.6) is 5.75 Å². The number of halogens is 3. The first-order valence-corrected chi connectivity index (χ1v) is 6.71. The normalized spacial score (nSPS) is 11.8. The van der Waals surface area contributed by atoms with Crippen LogP contribution < -0.4 is 4.74 Å². The van der Waals surface area contributed by atoms with Crippen LogP contribution in [-0.4, -0.2) is 0 Å². The van der Waals surface area contributed by atoms with E-state index >= 15 is 0 Å². The van der Waals surface area contributed by atoms with Crippen molar-refractivity contribution < 1.29 is 22.3 Å². The van der Waals surface area contributed by atoms with Crippen LogP contribution in [-0.2, 0) is 12.8 Å². The monoisotopic (exact) mass is 306 g/mol. The molecule has 0 aliphatic carbocycles. The van der Waals surface area contributed by atoms with Gasteiger partial charge >= 0.3 is 6.18 Å². The Bertz CT molecular complexity index is 803. The molecule has 0 amide bonds. The van der Waals surface area contributed by atoms with Gasteiger partial charge in [0, 0.05) is 5.39 Å². The fourth-order valence-corrected chi connectivity index (χ4v) is 2.25. The second kappa shape index (κ2) is 5.40. The topological polar surface area (TPSA) is 22.4 Å². The van der Waals surface area contributed by atoms with Crippen LogP contribution in [0.15, 0.2) is 52.9 Å². The summed E-state index contributed by atoms with van der Waals surface area (Å²) in [5.74, 6) is 0.730. The van der Waals surface area contributed by atoms with Crippen molar-refractivity contribution in [2.24, 2.45) is 0 Å². The van der Waals surface area contributed by atoms with Gasteiger partial charge < -0.3 is 9.15 Å². The van der Waals surface area contributed by atoms with Crippen molar-refractivity contribution in [3.8, 4) is 5.75 Å². The maximum Gasteiger partial charge on any atom is 0.416 e. The average molecular weight is 306 g/mol. The number of rotatable bonds is 3. The van der Waals surface area contributed by atoms with E-state index in [2.05, 4.69) is 0 Å². The third kappa shape index (κ3) is 2.93. The Balaban J connectivity index is 1.78. The van der Waals surface area contributed by atoms with Gasteiger partial charge in [0.05, 0.1) is 5.56 Å². The number of aryl methyl sites for hydroxylation is 1. The van der Waals surface area contributed by atoms with E-state index in [1.165, 1.54) is 12.1 Å². The molecule has 0 N–H and O–H groups in total. The molecule has 5 heteroatoms. The lowest BCUT2D eigenvalue weighted by molar-refractivity contribution is -0.137. The summed E-state index contributed by atoms with van der Waals surface area (Å²) in [5, 5.41) is 0.977. The summed E-state index contributed by atoms with van der Waals surface area (Å²) in [6.07, 6.45) is -4.38.